The minimum atomic E-state index is -4.66. The van der Waals surface area contributed by atoms with E-state index in [0.29, 0.717) is 18.2 Å². The highest BCUT2D eigenvalue weighted by Crippen LogP contribution is 2.33. The lowest BCUT2D eigenvalue weighted by atomic mass is 10.0. The van der Waals surface area contributed by atoms with Crippen molar-refractivity contribution in [2.24, 2.45) is 0 Å². The summed E-state index contributed by atoms with van der Waals surface area (Å²) < 4.78 is 52.9. The van der Waals surface area contributed by atoms with E-state index in [0.717, 1.165) is 18.6 Å². The van der Waals surface area contributed by atoms with Crippen LogP contribution in [0.15, 0.2) is 30.6 Å². The van der Waals surface area contributed by atoms with Crippen molar-refractivity contribution in [1.82, 2.24) is 9.78 Å². The topological polar surface area (TPSA) is 38.0 Å². The second-order valence-corrected chi connectivity index (χ2v) is 4.71. The lowest BCUT2D eigenvalue weighted by molar-refractivity contribution is -0.137. The molecule has 2 aromatic rings. The third-order valence-electron chi connectivity index (χ3n) is 2.98. The smallest absolute Gasteiger partial charge is 0.384 e. The Morgan fingerprint density at radius 1 is 1.24 bits per heavy atom. The lowest BCUT2D eigenvalue weighted by Gasteiger charge is -2.13. The third-order valence-corrected chi connectivity index (χ3v) is 2.98. The van der Waals surface area contributed by atoms with Gasteiger partial charge >= 0.3 is 6.18 Å². The van der Waals surface area contributed by atoms with Crippen LogP contribution in [0.5, 0.6) is 0 Å². The number of alkyl halides is 3. The first-order chi connectivity index (χ1) is 9.81. The molecule has 1 heterocycles. The number of aliphatic hydroxyl groups is 1. The molecule has 1 N–H and O–H groups in total. The van der Waals surface area contributed by atoms with E-state index in [2.05, 4.69) is 5.10 Å². The summed E-state index contributed by atoms with van der Waals surface area (Å²) in [6, 6.07) is 2.03. The molecule has 2 rings (SSSR count). The van der Waals surface area contributed by atoms with E-state index in [1.807, 2.05) is 6.92 Å². The van der Waals surface area contributed by atoms with Gasteiger partial charge in [0.25, 0.3) is 0 Å². The fraction of sp³-hybridized carbons (Fsp3) is 0.357. The molecule has 0 saturated carbocycles. The molecule has 7 heteroatoms. The average molecular weight is 302 g/mol. The maximum Gasteiger partial charge on any atom is 0.416 e. The van der Waals surface area contributed by atoms with Crippen molar-refractivity contribution in [2.45, 2.75) is 32.2 Å². The van der Waals surface area contributed by atoms with E-state index in [1.165, 1.54) is 12.4 Å². The predicted octanol–water partition coefficient (Wildman–Crippen LogP) is 3.53. The summed E-state index contributed by atoms with van der Waals surface area (Å²) in [5.41, 5.74) is -0.960. The van der Waals surface area contributed by atoms with Gasteiger partial charge in [-0.2, -0.15) is 18.3 Å². The maximum atomic E-state index is 13.3. The van der Waals surface area contributed by atoms with E-state index in [-0.39, 0.29) is 5.56 Å². The van der Waals surface area contributed by atoms with Crippen molar-refractivity contribution in [3.05, 3.63) is 53.1 Å². The van der Waals surface area contributed by atoms with E-state index in [9.17, 15) is 22.7 Å². The molecule has 0 aliphatic heterocycles. The Morgan fingerprint density at radius 3 is 2.57 bits per heavy atom. The van der Waals surface area contributed by atoms with Crippen molar-refractivity contribution < 1.29 is 22.7 Å². The van der Waals surface area contributed by atoms with Crippen LogP contribution in [-0.4, -0.2) is 14.9 Å². The van der Waals surface area contributed by atoms with Gasteiger partial charge in [0.1, 0.15) is 11.9 Å². The number of hydrogen-bond donors (Lipinski definition) is 1. The predicted molar refractivity (Wildman–Crippen MR) is 68.0 cm³/mol. The number of hydrogen-bond acceptors (Lipinski definition) is 2. The molecule has 1 aromatic carbocycles. The maximum absolute atomic E-state index is 13.3. The monoisotopic (exact) mass is 302 g/mol. The van der Waals surface area contributed by atoms with Crippen molar-refractivity contribution in [3.63, 3.8) is 0 Å². The van der Waals surface area contributed by atoms with E-state index in [1.54, 1.807) is 4.68 Å². The zero-order valence-corrected chi connectivity index (χ0v) is 11.2. The number of benzene rings is 1. The van der Waals surface area contributed by atoms with Gasteiger partial charge < -0.3 is 5.11 Å². The average Bonchev–Trinajstić information content (AvgIpc) is 2.85. The molecule has 0 amide bonds. The van der Waals surface area contributed by atoms with Crippen LogP contribution in [0, 0.1) is 5.82 Å². The van der Waals surface area contributed by atoms with Crippen LogP contribution in [0.1, 0.15) is 36.1 Å². The van der Waals surface area contributed by atoms with E-state index in [4.69, 9.17) is 0 Å². The zero-order chi connectivity index (χ0) is 15.6. The Labute approximate surface area is 118 Å². The Kier molecular flexibility index (Phi) is 4.32. The van der Waals surface area contributed by atoms with Gasteiger partial charge in [-0.25, -0.2) is 4.39 Å². The van der Waals surface area contributed by atoms with Crippen molar-refractivity contribution in [1.29, 1.82) is 0 Å². The van der Waals surface area contributed by atoms with Crippen LogP contribution in [0.3, 0.4) is 0 Å². The van der Waals surface area contributed by atoms with Gasteiger partial charge in [-0.05, 0) is 30.2 Å². The van der Waals surface area contributed by atoms with Gasteiger partial charge in [0.05, 0.1) is 11.8 Å². The summed E-state index contributed by atoms with van der Waals surface area (Å²) in [6.45, 7) is 2.57. The molecule has 1 unspecified atom stereocenters. The van der Waals surface area contributed by atoms with Crippen LogP contribution in [0.2, 0.25) is 0 Å². The molecule has 0 radical (unpaired) electrons. The summed E-state index contributed by atoms with van der Waals surface area (Å²) in [4.78, 5) is 0. The fourth-order valence-corrected chi connectivity index (χ4v) is 2.00. The van der Waals surface area contributed by atoms with Gasteiger partial charge in [-0.15, -0.1) is 0 Å². The lowest BCUT2D eigenvalue weighted by Crippen LogP contribution is -2.08. The second-order valence-electron chi connectivity index (χ2n) is 4.71. The SMILES string of the molecule is CCCn1cc(C(O)c2cc(F)cc(C(F)(F)F)c2)cn1. The summed E-state index contributed by atoms with van der Waals surface area (Å²) in [7, 11) is 0. The first kappa shape index (κ1) is 15.5. The first-order valence-corrected chi connectivity index (χ1v) is 6.39. The number of nitrogens with zero attached hydrogens (tertiary/aromatic N) is 2. The molecule has 0 bridgehead atoms. The molecule has 0 aliphatic rings. The quantitative estimate of drug-likeness (QED) is 0.877. The highest BCUT2D eigenvalue weighted by molar-refractivity contribution is 5.32. The zero-order valence-electron chi connectivity index (χ0n) is 11.2. The molecule has 114 valence electrons. The molecule has 1 aromatic heterocycles. The molecule has 21 heavy (non-hydrogen) atoms. The molecule has 1 atom stereocenters. The molecule has 0 aliphatic carbocycles. The van der Waals surface area contributed by atoms with E-state index < -0.39 is 23.7 Å². The normalized spacial score (nSPS) is 13.4. The Hall–Kier alpha value is -1.89. The minimum absolute atomic E-state index is 0.154. The standard InChI is InChI=1S/C14H14F4N2O/c1-2-3-20-8-10(7-19-20)13(21)9-4-11(14(16,17)18)6-12(15)5-9/h4-8,13,21H,2-3H2,1H3. The molecule has 0 spiro atoms. The number of aliphatic hydroxyl groups excluding tert-OH is 1. The van der Waals surface area contributed by atoms with Gasteiger partial charge in [0.15, 0.2) is 0 Å². The third kappa shape index (κ3) is 3.60. The Balaban J connectivity index is 2.33. The number of aromatic nitrogens is 2. The van der Waals surface area contributed by atoms with Crippen molar-refractivity contribution >= 4 is 0 Å². The first-order valence-electron chi connectivity index (χ1n) is 6.39. The number of rotatable bonds is 4. The molecular weight excluding hydrogens is 288 g/mol. The van der Waals surface area contributed by atoms with Crippen LogP contribution in [-0.2, 0) is 12.7 Å². The van der Waals surface area contributed by atoms with Crippen LogP contribution in [0.25, 0.3) is 0 Å². The van der Waals surface area contributed by atoms with Gasteiger partial charge in [-0.3, -0.25) is 4.68 Å². The summed E-state index contributed by atoms with van der Waals surface area (Å²) >= 11 is 0. The minimum Gasteiger partial charge on any atom is -0.384 e. The Bertz CT molecular complexity index is 622. The van der Waals surface area contributed by atoms with Gasteiger partial charge in [0.2, 0.25) is 0 Å². The van der Waals surface area contributed by atoms with Crippen LogP contribution in [0.4, 0.5) is 17.6 Å². The van der Waals surface area contributed by atoms with Gasteiger partial charge in [0, 0.05) is 18.3 Å². The highest BCUT2D eigenvalue weighted by atomic mass is 19.4. The number of halogens is 4. The Morgan fingerprint density at radius 2 is 1.95 bits per heavy atom. The summed E-state index contributed by atoms with van der Waals surface area (Å²) in [5, 5.41) is 14.1. The second kappa shape index (κ2) is 5.85. The largest absolute Gasteiger partial charge is 0.416 e. The summed E-state index contributed by atoms with van der Waals surface area (Å²) in [6.07, 6.45) is -2.30. The molecular formula is C14H14F4N2O. The van der Waals surface area contributed by atoms with Crippen LogP contribution < -0.4 is 0 Å². The molecule has 0 saturated heterocycles. The molecule has 3 nitrogen and oxygen atoms in total. The number of aryl methyl sites for hydroxylation is 1. The fourth-order valence-electron chi connectivity index (χ4n) is 2.00. The summed E-state index contributed by atoms with van der Waals surface area (Å²) in [5.74, 6) is -1.04. The van der Waals surface area contributed by atoms with E-state index >= 15 is 0 Å². The van der Waals surface area contributed by atoms with Crippen molar-refractivity contribution in [2.75, 3.05) is 0 Å². The van der Waals surface area contributed by atoms with Crippen LogP contribution >= 0.6 is 0 Å². The molecule has 0 fully saturated rings. The van der Waals surface area contributed by atoms with Crippen molar-refractivity contribution in [3.8, 4) is 0 Å². The van der Waals surface area contributed by atoms with Gasteiger partial charge in [-0.1, -0.05) is 6.92 Å². The highest BCUT2D eigenvalue weighted by Gasteiger charge is 2.32.